The maximum absolute atomic E-state index is 12.5. The number of carbonyl (C=O) groups excluding carboxylic acids is 1. The molecule has 0 aliphatic carbocycles. The second kappa shape index (κ2) is 8.06. The van der Waals surface area contributed by atoms with Gasteiger partial charge in [-0.3, -0.25) is 4.79 Å². The van der Waals surface area contributed by atoms with Crippen LogP contribution >= 0.6 is 0 Å². The molecule has 1 amide bonds. The largest absolute Gasteiger partial charge is 0.379 e. The molecule has 1 saturated heterocycles. The molecule has 3 heterocycles. The number of rotatable bonds is 6. The second-order valence-corrected chi connectivity index (χ2v) is 6.11. The molecule has 8 nitrogen and oxygen atoms in total. The summed E-state index contributed by atoms with van der Waals surface area (Å²) in [5, 5.41) is 10.2. The lowest BCUT2D eigenvalue weighted by Gasteiger charge is -2.32. The Balaban J connectivity index is 1.64. The van der Waals surface area contributed by atoms with Crippen molar-refractivity contribution in [3.05, 3.63) is 35.6 Å². The summed E-state index contributed by atoms with van der Waals surface area (Å²) in [6.07, 6.45) is 4.13. The smallest absolute Gasteiger partial charge is 0.273 e. The fourth-order valence-corrected chi connectivity index (χ4v) is 2.81. The Labute approximate surface area is 146 Å². The number of aryl methyl sites for hydroxylation is 2. The van der Waals surface area contributed by atoms with Gasteiger partial charge in [-0.05, 0) is 25.8 Å². The number of hydrogen-bond acceptors (Lipinski definition) is 7. The summed E-state index contributed by atoms with van der Waals surface area (Å²) < 4.78 is 10.7. The van der Waals surface area contributed by atoms with Crippen LogP contribution in [0.3, 0.4) is 0 Å². The van der Waals surface area contributed by atoms with Crippen molar-refractivity contribution >= 4 is 11.7 Å². The number of amides is 1. The van der Waals surface area contributed by atoms with E-state index in [1.54, 1.807) is 18.3 Å². The molecule has 1 aliphatic rings. The maximum atomic E-state index is 12.5. The summed E-state index contributed by atoms with van der Waals surface area (Å²) in [6, 6.07) is 3.35. The van der Waals surface area contributed by atoms with E-state index >= 15 is 0 Å². The van der Waals surface area contributed by atoms with Gasteiger partial charge in [0.05, 0.1) is 18.7 Å². The van der Waals surface area contributed by atoms with Gasteiger partial charge in [0.2, 0.25) is 0 Å². The van der Waals surface area contributed by atoms with E-state index in [2.05, 4.69) is 32.7 Å². The molecule has 8 heteroatoms. The van der Waals surface area contributed by atoms with E-state index in [1.165, 1.54) is 0 Å². The van der Waals surface area contributed by atoms with Crippen LogP contribution in [0.2, 0.25) is 0 Å². The van der Waals surface area contributed by atoms with Crippen LogP contribution in [-0.2, 0) is 11.2 Å². The molecule has 0 saturated carbocycles. The quantitative estimate of drug-likeness (QED) is 0.822. The fraction of sp³-hybridized carbons (Fsp3) is 0.529. The lowest BCUT2D eigenvalue weighted by Crippen LogP contribution is -2.52. The van der Waals surface area contributed by atoms with Crippen LogP contribution in [0.5, 0.6) is 0 Å². The standard InChI is InChI=1S/C17H23N5O3/c1-3-4-12-9-14(22-25-12)17(23)21-13-6-8-24-10-15(13)20-16-5-7-18-11(2)19-16/h5,7,9,13,15H,3-4,6,8,10H2,1-2H3,(H,21,23)(H,18,19,20)/t13-,15+/m1/s1. The van der Waals surface area contributed by atoms with Gasteiger partial charge in [0.25, 0.3) is 5.91 Å². The fourth-order valence-electron chi connectivity index (χ4n) is 2.81. The molecule has 2 atom stereocenters. The number of aromatic nitrogens is 3. The monoisotopic (exact) mass is 345 g/mol. The molecular weight excluding hydrogens is 322 g/mol. The lowest BCUT2D eigenvalue weighted by molar-refractivity contribution is 0.0617. The van der Waals surface area contributed by atoms with Crippen LogP contribution in [0.4, 0.5) is 5.82 Å². The lowest BCUT2D eigenvalue weighted by atomic mass is 10.0. The van der Waals surface area contributed by atoms with Crippen LogP contribution in [0.25, 0.3) is 0 Å². The number of anilines is 1. The van der Waals surface area contributed by atoms with Crippen LogP contribution in [0, 0.1) is 6.92 Å². The molecule has 0 bridgehead atoms. The highest BCUT2D eigenvalue weighted by molar-refractivity contribution is 5.92. The summed E-state index contributed by atoms with van der Waals surface area (Å²) in [6.45, 7) is 4.98. The molecule has 2 N–H and O–H groups in total. The summed E-state index contributed by atoms with van der Waals surface area (Å²) in [4.78, 5) is 20.9. The van der Waals surface area contributed by atoms with Crippen LogP contribution in [0.1, 0.15) is 41.8 Å². The molecular formula is C17H23N5O3. The average Bonchev–Trinajstić information content (AvgIpc) is 3.06. The SMILES string of the molecule is CCCc1cc(C(=O)N[C@@H]2CCOC[C@@H]2Nc2ccnc(C)n2)no1. The molecule has 25 heavy (non-hydrogen) atoms. The van der Waals surface area contributed by atoms with E-state index in [-0.39, 0.29) is 18.0 Å². The molecule has 0 spiro atoms. The van der Waals surface area contributed by atoms with E-state index in [4.69, 9.17) is 9.26 Å². The van der Waals surface area contributed by atoms with E-state index in [0.29, 0.717) is 37.0 Å². The van der Waals surface area contributed by atoms with Crippen LogP contribution < -0.4 is 10.6 Å². The average molecular weight is 345 g/mol. The normalized spacial score (nSPS) is 20.2. The Bertz CT molecular complexity index is 718. The topological polar surface area (TPSA) is 102 Å². The van der Waals surface area contributed by atoms with Gasteiger partial charge in [-0.25, -0.2) is 9.97 Å². The zero-order valence-electron chi connectivity index (χ0n) is 14.5. The highest BCUT2D eigenvalue weighted by Gasteiger charge is 2.28. The van der Waals surface area contributed by atoms with Gasteiger partial charge >= 0.3 is 0 Å². The summed E-state index contributed by atoms with van der Waals surface area (Å²) in [5.41, 5.74) is 0.312. The van der Waals surface area contributed by atoms with Crippen molar-refractivity contribution in [2.45, 2.75) is 45.2 Å². The first kappa shape index (κ1) is 17.3. The summed E-state index contributed by atoms with van der Waals surface area (Å²) in [5.74, 6) is 1.90. The predicted octanol–water partition coefficient (Wildman–Crippen LogP) is 1.72. The molecule has 0 aromatic carbocycles. The first-order chi connectivity index (χ1) is 12.2. The summed E-state index contributed by atoms with van der Waals surface area (Å²) in [7, 11) is 0. The Morgan fingerprint density at radius 3 is 3.08 bits per heavy atom. The number of ether oxygens (including phenoxy) is 1. The second-order valence-electron chi connectivity index (χ2n) is 6.11. The molecule has 2 aromatic rings. The van der Waals surface area contributed by atoms with E-state index in [0.717, 1.165) is 18.6 Å². The van der Waals surface area contributed by atoms with Crippen LogP contribution in [-0.4, -0.2) is 46.3 Å². The zero-order chi connectivity index (χ0) is 17.6. The third kappa shape index (κ3) is 4.54. The molecule has 3 rings (SSSR count). The van der Waals surface area contributed by atoms with Gasteiger partial charge in [0, 0.05) is 25.3 Å². The van der Waals surface area contributed by atoms with Gasteiger partial charge in [0.1, 0.15) is 17.4 Å². The van der Waals surface area contributed by atoms with Crippen molar-refractivity contribution in [1.29, 1.82) is 0 Å². The molecule has 1 fully saturated rings. The Morgan fingerprint density at radius 1 is 1.40 bits per heavy atom. The number of nitrogens with one attached hydrogen (secondary N) is 2. The minimum atomic E-state index is -0.233. The summed E-state index contributed by atoms with van der Waals surface area (Å²) >= 11 is 0. The van der Waals surface area contributed by atoms with Gasteiger partial charge in [-0.1, -0.05) is 12.1 Å². The van der Waals surface area contributed by atoms with Crippen molar-refractivity contribution in [3.8, 4) is 0 Å². The third-order valence-electron chi connectivity index (χ3n) is 4.07. The first-order valence-electron chi connectivity index (χ1n) is 8.56. The van der Waals surface area contributed by atoms with Crippen LogP contribution in [0.15, 0.2) is 22.9 Å². The van der Waals surface area contributed by atoms with Crippen molar-refractivity contribution in [2.24, 2.45) is 0 Å². The van der Waals surface area contributed by atoms with E-state index < -0.39 is 0 Å². The Morgan fingerprint density at radius 2 is 2.28 bits per heavy atom. The molecule has 134 valence electrons. The highest BCUT2D eigenvalue weighted by atomic mass is 16.5. The minimum absolute atomic E-state index is 0.0750. The Kier molecular flexibility index (Phi) is 5.60. The van der Waals surface area contributed by atoms with Gasteiger partial charge in [-0.15, -0.1) is 0 Å². The van der Waals surface area contributed by atoms with Crippen molar-refractivity contribution in [1.82, 2.24) is 20.4 Å². The molecule has 2 aromatic heterocycles. The van der Waals surface area contributed by atoms with Gasteiger partial charge in [-0.2, -0.15) is 0 Å². The predicted molar refractivity (Wildman–Crippen MR) is 91.4 cm³/mol. The highest BCUT2D eigenvalue weighted by Crippen LogP contribution is 2.15. The van der Waals surface area contributed by atoms with Crippen molar-refractivity contribution < 1.29 is 14.1 Å². The maximum Gasteiger partial charge on any atom is 0.273 e. The number of nitrogens with zero attached hydrogens (tertiary/aromatic N) is 3. The minimum Gasteiger partial charge on any atom is -0.379 e. The van der Waals surface area contributed by atoms with E-state index in [9.17, 15) is 4.79 Å². The number of carbonyl (C=O) groups is 1. The van der Waals surface area contributed by atoms with Gasteiger partial charge < -0.3 is 19.9 Å². The molecule has 0 radical (unpaired) electrons. The van der Waals surface area contributed by atoms with Crippen molar-refractivity contribution in [2.75, 3.05) is 18.5 Å². The third-order valence-corrected chi connectivity index (χ3v) is 4.07. The van der Waals surface area contributed by atoms with Crippen molar-refractivity contribution in [3.63, 3.8) is 0 Å². The van der Waals surface area contributed by atoms with Gasteiger partial charge in [0.15, 0.2) is 5.69 Å². The zero-order valence-corrected chi connectivity index (χ0v) is 14.5. The molecule has 1 aliphatic heterocycles. The molecule has 0 unspecified atom stereocenters. The Hall–Kier alpha value is -2.48. The first-order valence-corrected chi connectivity index (χ1v) is 8.56. The number of hydrogen-bond donors (Lipinski definition) is 2. The van der Waals surface area contributed by atoms with E-state index in [1.807, 2.05) is 6.92 Å².